The van der Waals surface area contributed by atoms with Gasteiger partial charge in [-0.25, -0.2) is 0 Å². The Morgan fingerprint density at radius 2 is 1.90 bits per heavy atom. The summed E-state index contributed by atoms with van der Waals surface area (Å²) in [5, 5.41) is 0. The zero-order valence-corrected chi connectivity index (χ0v) is 12.2. The maximum absolute atomic E-state index is 12.7. The lowest BCUT2D eigenvalue weighted by atomic mass is 9.86. The Morgan fingerprint density at radius 1 is 1.15 bits per heavy atom. The van der Waals surface area contributed by atoms with Gasteiger partial charge in [-0.3, -0.25) is 4.79 Å². The van der Waals surface area contributed by atoms with Gasteiger partial charge >= 0.3 is 0 Å². The quantitative estimate of drug-likeness (QED) is 0.625. The van der Waals surface area contributed by atoms with E-state index in [0.717, 1.165) is 23.3 Å². The molecule has 3 heteroatoms. The number of thioether (sulfide) groups is 1. The predicted octanol–water partition coefficient (Wildman–Crippen LogP) is 4.16. The van der Waals surface area contributed by atoms with Gasteiger partial charge in [-0.1, -0.05) is 30.3 Å². The number of carbonyl (C=O) groups excluding carboxylic acids is 1. The van der Waals surface area contributed by atoms with Crippen LogP contribution in [0.1, 0.15) is 28.3 Å². The number of fused-ring (bicyclic) bond motifs is 1. The minimum Gasteiger partial charge on any atom is -0.493 e. The number of Topliss-reactive ketones (excluding diaryl/α,β-unsaturated/α-hetero) is 1. The number of rotatable bonds is 3. The van der Waals surface area contributed by atoms with Gasteiger partial charge in [0.25, 0.3) is 0 Å². The Bertz CT molecular complexity index is 619. The molecule has 2 aromatic rings. The van der Waals surface area contributed by atoms with Crippen LogP contribution in [0.25, 0.3) is 0 Å². The van der Waals surface area contributed by atoms with E-state index in [4.69, 9.17) is 4.74 Å². The molecule has 2 nitrogen and oxygen atoms in total. The van der Waals surface area contributed by atoms with Crippen LogP contribution in [0.2, 0.25) is 0 Å². The summed E-state index contributed by atoms with van der Waals surface area (Å²) in [4.78, 5) is 13.9. The van der Waals surface area contributed by atoms with Gasteiger partial charge in [0.15, 0.2) is 5.78 Å². The van der Waals surface area contributed by atoms with E-state index >= 15 is 0 Å². The molecule has 0 spiro atoms. The molecule has 0 radical (unpaired) electrons. The van der Waals surface area contributed by atoms with Crippen molar-refractivity contribution in [3.05, 3.63) is 59.7 Å². The second kappa shape index (κ2) is 5.71. The maximum Gasteiger partial charge on any atom is 0.170 e. The van der Waals surface area contributed by atoms with Crippen molar-refractivity contribution in [3.63, 3.8) is 0 Å². The van der Waals surface area contributed by atoms with Gasteiger partial charge in [0, 0.05) is 16.0 Å². The Kier molecular flexibility index (Phi) is 3.79. The molecule has 0 saturated heterocycles. The third-order valence-electron chi connectivity index (χ3n) is 3.65. The molecule has 3 rings (SSSR count). The van der Waals surface area contributed by atoms with Crippen molar-refractivity contribution < 1.29 is 9.53 Å². The molecule has 1 unspecified atom stereocenters. The summed E-state index contributed by atoms with van der Waals surface area (Å²) in [5.74, 6) is 0.950. The third kappa shape index (κ3) is 2.46. The van der Waals surface area contributed by atoms with Gasteiger partial charge in [-0.05, 0) is 30.9 Å². The van der Waals surface area contributed by atoms with Crippen molar-refractivity contribution in [2.75, 3.05) is 12.9 Å². The second-order valence-corrected chi connectivity index (χ2v) is 5.70. The molecule has 102 valence electrons. The van der Waals surface area contributed by atoms with Crippen LogP contribution in [0.15, 0.2) is 53.4 Å². The highest BCUT2D eigenvalue weighted by Gasteiger charge is 2.27. The highest BCUT2D eigenvalue weighted by molar-refractivity contribution is 7.98. The second-order valence-electron chi connectivity index (χ2n) is 4.82. The van der Waals surface area contributed by atoms with Crippen LogP contribution in [-0.2, 0) is 0 Å². The summed E-state index contributed by atoms with van der Waals surface area (Å²) in [6.45, 7) is 0.607. The van der Waals surface area contributed by atoms with Crippen LogP contribution in [-0.4, -0.2) is 18.6 Å². The number of para-hydroxylation sites is 1. The van der Waals surface area contributed by atoms with Gasteiger partial charge in [0.05, 0.1) is 12.5 Å². The molecule has 1 aliphatic heterocycles. The molecule has 20 heavy (non-hydrogen) atoms. The van der Waals surface area contributed by atoms with E-state index in [-0.39, 0.29) is 11.7 Å². The Balaban J connectivity index is 1.91. The van der Waals surface area contributed by atoms with Crippen molar-refractivity contribution >= 4 is 17.5 Å². The fraction of sp³-hybridized carbons (Fsp3) is 0.235. The molecule has 0 amide bonds. The number of carbonyl (C=O) groups is 1. The van der Waals surface area contributed by atoms with E-state index in [9.17, 15) is 4.79 Å². The monoisotopic (exact) mass is 284 g/mol. The summed E-state index contributed by atoms with van der Waals surface area (Å²) >= 11 is 1.68. The van der Waals surface area contributed by atoms with Crippen LogP contribution >= 0.6 is 11.8 Å². The van der Waals surface area contributed by atoms with Crippen LogP contribution in [0.4, 0.5) is 0 Å². The first-order valence-corrected chi connectivity index (χ1v) is 7.92. The molecule has 1 atom stereocenters. The Hall–Kier alpha value is -1.74. The average Bonchev–Trinajstić information content (AvgIpc) is 2.54. The lowest BCUT2D eigenvalue weighted by Gasteiger charge is -2.24. The van der Waals surface area contributed by atoms with E-state index in [2.05, 4.69) is 0 Å². The van der Waals surface area contributed by atoms with Crippen LogP contribution in [0.5, 0.6) is 5.75 Å². The van der Waals surface area contributed by atoms with Gasteiger partial charge < -0.3 is 4.74 Å². The summed E-state index contributed by atoms with van der Waals surface area (Å²) in [6.07, 6.45) is 2.78. The lowest BCUT2D eigenvalue weighted by molar-refractivity contribution is 0.0933. The molecule has 0 N–H and O–H groups in total. The standard InChI is InChI=1S/C17H16O2S/c1-20-13-8-6-12(7-9-13)17(18)15-10-11-19-16-5-3-2-4-14(15)16/h2-9,15H,10-11H2,1H3. The van der Waals surface area contributed by atoms with Crippen molar-refractivity contribution in [2.24, 2.45) is 0 Å². The smallest absolute Gasteiger partial charge is 0.170 e. The summed E-state index contributed by atoms with van der Waals surface area (Å²) in [5.41, 5.74) is 1.79. The molecule has 0 bridgehead atoms. The summed E-state index contributed by atoms with van der Waals surface area (Å²) in [7, 11) is 0. The Morgan fingerprint density at radius 3 is 2.65 bits per heavy atom. The fourth-order valence-corrected chi connectivity index (χ4v) is 2.98. The first-order valence-electron chi connectivity index (χ1n) is 6.69. The first kappa shape index (κ1) is 13.3. The minimum absolute atomic E-state index is 0.0833. The van der Waals surface area contributed by atoms with Crippen molar-refractivity contribution in [1.82, 2.24) is 0 Å². The Labute approximate surface area is 123 Å². The molecule has 0 aromatic heterocycles. The zero-order valence-electron chi connectivity index (χ0n) is 11.3. The molecule has 1 aliphatic rings. The van der Waals surface area contributed by atoms with Crippen LogP contribution in [0.3, 0.4) is 0 Å². The largest absolute Gasteiger partial charge is 0.493 e. The van der Waals surface area contributed by atoms with Gasteiger partial charge in [-0.2, -0.15) is 0 Å². The maximum atomic E-state index is 12.7. The van der Waals surface area contributed by atoms with E-state index in [0.29, 0.717) is 6.61 Å². The van der Waals surface area contributed by atoms with Gasteiger partial charge in [0.2, 0.25) is 0 Å². The topological polar surface area (TPSA) is 26.3 Å². The first-order chi connectivity index (χ1) is 9.79. The fourth-order valence-electron chi connectivity index (χ4n) is 2.57. The highest BCUT2D eigenvalue weighted by atomic mass is 32.2. The molecule has 2 aromatic carbocycles. The minimum atomic E-state index is -0.0833. The van der Waals surface area contributed by atoms with E-state index in [1.807, 2.05) is 54.8 Å². The number of benzene rings is 2. The van der Waals surface area contributed by atoms with Gasteiger partial charge in [-0.15, -0.1) is 11.8 Å². The predicted molar refractivity (Wildman–Crippen MR) is 81.8 cm³/mol. The van der Waals surface area contributed by atoms with E-state index in [1.54, 1.807) is 11.8 Å². The van der Waals surface area contributed by atoms with Crippen LogP contribution in [0, 0.1) is 0 Å². The van der Waals surface area contributed by atoms with E-state index < -0.39 is 0 Å². The molecule has 1 heterocycles. The molecule has 0 aliphatic carbocycles. The lowest BCUT2D eigenvalue weighted by Crippen LogP contribution is -2.21. The van der Waals surface area contributed by atoms with Crippen molar-refractivity contribution in [1.29, 1.82) is 0 Å². The molecular weight excluding hydrogens is 268 g/mol. The zero-order chi connectivity index (χ0) is 13.9. The molecule has 0 fully saturated rings. The van der Waals surface area contributed by atoms with E-state index in [1.165, 1.54) is 4.90 Å². The van der Waals surface area contributed by atoms with Crippen molar-refractivity contribution in [2.45, 2.75) is 17.2 Å². The molecular formula is C17H16O2S. The number of ketones is 1. The summed E-state index contributed by atoms with van der Waals surface area (Å²) < 4.78 is 5.62. The average molecular weight is 284 g/mol. The number of ether oxygens (including phenoxy) is 1. The highest BCUT2D eigenvalue weighted by Crippen LogP contribution is 2.35. The number of hydrogen-bond donors (Lipinski definition) is 0. The van der Waals surface area contributed by atoms with Gasteiger partial charge in [0.1, 0.15) is 5.75 Å². The molecule has 0 saturated carbocycles. The van der Waals surface area contributed by atoms with Crippen LogP contribution < -0.4 is 4.74 Å². The SMILES string of the molecule is CSc1ccc(C(=O)C2CCOc3ccccc32)cc1. The van der Waals surface area contributed by atoms with Crippen molar-refractivity contribution in [3.8, 4) is 5.75 Å². The summed E-state index contributed by atoms with van der Waals surface area (Å²) in [6, 6.07) is 15.7. The normalized spacial score (nSPS) is 17.1. The third-order valence-corrected chi connectivity index (χ3v) is 4.39. The number of hydrogen-bond acceptors (Lipinski definition) is 3.